The summed E-state index contributed by atoms with van der Waals surface area (Å²) in [4.78, 5) is 12.9. The van der Waals surface area contributed by atoms with E-state index >= 15 is 0 Å². The first-order valence-electron chi connectivity index (χ1n) is 9.13. The van der Waals surface area contributed by atoms with E-state index in [2.05, 4.69) is 5.32 Å². The number of sulfonamides is 1. The van der Waals surface area contributed by atoms with E-state index in [4.69, 9.17) is 16.3 Å². The Morgan fingerprint density at radius 2 is 1.83 bits per heavy atom. The van der Waals surface area contributed by atoms with Crippen LogP contribution in [0.25, 0.3) is 0 Å². The van der Waals surface area contributed by atoms with Crippen LogP contribution in [-0.4, -0.2) is 39.3 Å². The predicted molar refractivity (Wildman–Crippen MR) is 117 cm³/mol. The molecule has 6 nitrogen and oxygen atoms in total. The minimum absolute atomic E-state index is 0.260. The van der Waals surface area contributed by atoms with Gasteiger partial charge in [-0.2, -0.15) is 0 Å². The molecule has 0 saturated carbocycles. The van der Waals surface area contributed by atoms with Crippen molar-refractivity contribution in [1.29, 1.82) is 0 Å². The van der Waals surface area contributed by atoms with E-state index in [-0.39, 0.29) is 5.02 Å². The first-order chi connectivity index (χ1) is 13.4. The number of nitrogens with one attached hydrogen (secondary N) is 1. The number of hydrogen-bond acceptors (Lipinski definition) is 4. The highest BCUT2D eigenvalue weighted by Gasteiger charge is 2.32. The maximum absolute atomic E-state index is 12.9. The van der Waals surface area contributed by atoms with Gasteiger partial charge in [-0.05, 0) is 51.0 Å². The molecule has 0 radical (unpaired) electrons. The van der Waals surface area contributed by atoms with Crippen molar-refractivity contribution in [2.24, 2.45) is 0 Å². The highest BCUT2D eigenvalue weighted by atomic mass is 35.5. The van der Waals surface area contributed by atoms with Gasteiger partial charge in [-0.3, -0.25) is 9.10 Å². The zero-order valence-electron chi connectivity index (χ0n) is 17.3. The molecule has 8 heteroatoms. The van der Waals surface area contributed by atoms with E-state index in [0.29, 0.717) is 17.9 Å². The standard InChI is InChI=1S/C21H27ClN2O4S/c1-15(20(25)23-21(2,3)14-16-9-7-6-8-10-16)24(29(5,26)27)17-11-12-19(28-4)18(22)13-17/h6-13,15H,14H2,1-5H3,(H,23,25)/t15-/m1/s1. The van der Waals surface area contributed by atoms with E-state index in [1.54, 1.807) is 19.1 Å². The molecule has 1 amide bonds. The van der Waals surface area contributed by atoms with E-state index in [1.165, 1.54) is 13.2 Å². The molecule has 0 saturated heterocycles. The van der Waals surface area contributed by atoms with E-state index in [9.17, 15) is 13.2 Å². The maximum Gasteiger partial charge on any atom is 0.244 e. The van der Waals surface area contributed by atoms with Crippen LogP contribution >= 0.6 is 11.6 Å². The van der Waals surface area contributed by atoms with Gasteiger partial charge in [0.2, 0.25) is 15.9 Å². The van der Waals surface area contributed by atoms with Crippen molar-refractivity contribution in [2.45, 2.75) is 38.8 Å². The minimum Gasteiger partial charge on any atom is -0.495 e. The monoisotopic (exact) mass is 438 g/mol. The van der Waals surface area contributed by atoms with Gasteiger partial charge in [0, 0.05) is 5.54 Å². The lowest BCUT2D eigenvalue weighted by molar-refractivity contribution is -0.123. The van der Waals surface area contributed by atoms with E-state index in [1.807, 2.05) is 44.2 Å². The van der Waals surface area contributed by atoms with Gasteiger partial charge >= 0.3 is 0 Å². The molecule has 2 aromatic carbocycles. The van der Waals surface area contributed by atoms with Crippen molar-refractivity contribution in [3.8, 4) is 5.75 Å². The molecule has 2 rings (SSSR count). The first kappa shape index (κ1) is 23.0. The summed E-state index contributed by atoms with van der Waals surface area (Å²) in [5.41, 5.74) is 0.808. The van der Waals surface area contributed by atoms with Gasteiger partial charge in [0.05, 0.1) is 24.1 Å². The fourth-order valence-corrected chi connectivity index (χ4v) is 4.61. The molecule has 0 fully saturated rings. The molecule has 0 aliphatic carbocycles. The van der Waals surface area contributed by atoms with Gasteiger partial charge in [0.1, 0.15) is 11.8 Å². The summed E-state index contributed by atoms with van der Waals surface area (Å²) in [5.74, 6) is 0.0215. The Hall–Kier alpha value is -2.25. The largest absolute Gasteiger partial charge is 0.495 e. The van der Waals surface area contributed by atoms with Crippen molar-refractivity contribution in [1.82, 2.24) is 5.32 Å². The van der Waals surface area contributed by atoms with Gasteiger partial charge in [-0.25, -0.2) is 8.42 Å². The Balaban J connectivity index is 2.26. The topological polar surface area (TPSA) is 75.7 Å². The first-order valence-corrected chi connectivity index (χ1v) is 11.4. The molecule has 0 spiro atoms. The van der Waals surface area contributed by atoms with Crippen molar-refractivity contribution in [3.05, 3.63) is 59.1 Å². The lowest BCUT2D eigenvalue weighted by Crippen LogP contribution is -2.54. The van der Waals surface area contributed by atoms with Crippen molar-refractivity contribution in [3.63, 3.8) is 0 Å². The summed E-state index contributed by atoms with van der Waals surface area (Å²) < 4.78 is 31.1. The molecule has 158 valence electrons. The van der Waals surface area contributed by atoms with Crippen molar-refractivity contribution in [2.75, 3.05) is 17.7 Å². The average Bonchev–Trinajstić information content (AvgIpc) is 2.60. The number of halogens is 1. The third kappa shape index (κ3) is 6.11. The van der Waals surface area contributed by atoms with Gasteiger partial charge in [-0.15, -0.1) is 0 Å². The number of ether oxygens (including phenoxy) is 1. The number of carbonyl (C=O) groups excluding carboxylic acids is 1. The Kier molecular flexibility index (Phi) is 7.19. The summed E-state index contributed by atoms with van der Waals surface area (Å²) in [5, 5.41) is 3.22. The molecular weight excluding hydrogens is 412 g/mol. The molecule has 2 aromatic rings. The minimum atomic E-state index is -3.74. The number of benzene rings is 2. The van der Waals surface area contributed by atoms with E-state index < -0.39 is 27.5 Å². The summed E-state index contributed by atoms with van der Waals surface area (Å²) in [6, 6.07) is 13.4. The number of methoxy groups -OCH3 is 1. The Labute approximate surface area is 177 Å². The van der Waals surface area contributed by atoms with Crippen LogP contribution in [0.2, 0.25) is 5.02 Å². The summed E-state index contributed by atoms with van der Waals surface area (Å²) in [7, 11) is -2.27. The van der Waals surface area contributed by atoms with Crippen LogP contribution in [0.3, 0.4) is 0 Å². The third-order valence-electron chi connectivity index (χ3n) is 4.43. The number of anilines is 1. The highest BCUT2D eigenvalue weighted by Crippen LogP contribution is 2.31. The van der Waals surface area contributed by atoms with Gasteiger partial charge in [0.15, 0.2) is 0 Å². The molecule has 1 atom stereocenters. The third-order valence-corrected chi connectivity index (χ3v) is 5.97. The van der Waals surface area contributed by atoms with E-state index in [0.717, 1.165) is 16.1 Å². The predicted octanol–water partition coefficient (Wildman–Crippen LogP) is 3.64. The molecule has 0 aliphatic rings. The molecule has 0 heterocycles. The van der Waals surface area contributed by atoms with Gasteiger partial charge in [0.25, 0.3) is 0 Å². The second-order valence-electron chi connectivity index (χ2n) is 7.59. The quantitative estimate of drug-likeness (QED) is 0.682. The molecule has 0 aliphatic heterocycles. The fraction of sp³-hybridized carbons (Fsp3) is 0.381. The molecule has 29 heavy (non-hydrogen) atoms. The number of hydrogen-bond donors (Lipinski definition) is 1. The van der Waals surface area contributed by atoms with Crippen molar-refractivity contribution >= 4 is 33.2 Å². The Morgan fingerprint density at radius 3 is 2.34 bits per heavy atom. The van der Waals surface area contributed by atoms with Crippen LogP contribution in [-0.2, 0) is 21.2 Å². The zero-order chi connectivity index (χ0) is 21.8. The number of amides is 1. The Bertz CT molecular complexity index is 962. The molecule has 1 N–H and O–H groups in total. The zero-order valence-corrected chi connectivity index (χ0v) is 18.8. The second kappa shape index (κ2) is 9.05. The molecule has 0 bridgehead atoms. The second-order valence-corrected chi connectivity index (χ2v) is 9.86. The van der Waals surface area contributed by atoms with Crippen LogP contribution in [0.1, 0.15) is 26.3 Å². The summed E-state index contributed by atoms with van der Waals surface area (Å²) in [6.45, 7) is 5.35. The number of carbonyl (C=O) groups is 1. The van der Waals surface area contributed by atoms with Crippen LogP contribution < -0.4 is 14.4 Å². The van der Waals surface area contributed by atoms with Crippen LogP contribution in [0, 0.1) is 0 Å². The van der Waals surface area contributed by atoms with Crippen LogP contribution in [0.4, 0.5) is 5.69 Å². The fourth-order valence-electron chi connectivity index (χ4n) is 3.19. The van der Waals surface area contributed by atoms with Crippen LogP contribution in [0.15, 0.2) is 48.5 Å². The Morgan fingerprint density at radius 1 is 1.21 bits per heavy atom. The van der Waals surface area contributed by atoms with Gasteiger partial charge in [-0.1, -0.05) is 41.9 Å². The lowest BCUT2D eigenvalue weighted by atomic mass is 9.94. The SMILES string of the molecule is COc1ccc(N([C@H](C)C(=O)NC(C)(C)Cc2ccccc2)S(C)(=O)=O)cc1Cl. The normalized spacial score (nSPS) is 12.9. The lowest BCUT2D eigenvalue weighted by Gasteiger charge is -2.33. The smallest absolute Gasteiger partial charge is 0.244 e. The maximum atomic E-state index is 12.9. The summed E-state index contributed by atoms with van der Waals surface area (Å²) >= 11 is 6.16. The molecule has 0 aromatic heterocycles. The highest BCUT2D eigenvalue weighted by molar-refractivity contribution is 7.92. The summed E-state index contributed by atoms with van der Waals surface area (Å²) in [6.07, 6.45) is 1.67. The number of rotatable bonds is 8. The van der Waals surface area contributed by atoms with Gasteiger partial charge < -0.3 is 10.1 Å². The molecule has 0 unspecified atom stereocenters. The van der Waals surface area contributed by atoms with Crippen molar-refractivity contribution < 1.29 is 17.9 Å². The average molecular weight is 439 g/mol. The number of nitrogens with zero attached hydrogens (tertiary/aromatic N) is 1. The van der Waals surface area contributed by atoms with Crippen LogP contribution in [0.5, 0.6) is 5.75 Å². The molecular formula is C21H27ClN2O4S.